The quantitative estimate of drug-likeness (QED) is 0.274. The normalized spacial score (nSPS) is 11.3. The Balaban J connectivity index is 1.64. The number of phenolic OH excluding ortho intramolecular Hbond substituents is 1. The monoisotopic (exact) mass is 482 g/mol. The number of benzene rings is 3. The molecule has 6 aromatic rings. The molecule has 0 radical (unpaired) electrons. The zero-order chi connectivity index (χ0) is 25.4. The van der Waals surface area contributed by atoms with Crippen molar-refractivity contribution in [2.24, 2.45) is 0 Å². The molecule has 5 heteroatoms. The zero-order valence-electron chi connectivity index (χ0n) is 20.7. The van der Waals surface area contributed by atoms with E-state index in [1.165, 1.54) is 5.56 Å². The molecule has 0 fully saturated rings. The van der Waals surface area contributed by atoms with E-state index in [-0.39, 0.29) is 5.75 Å². The summed E-state index contributed by atoms with van der Waals surface area (Å²) in [4.78, 5) is 14.4. The van der Waals surface area contributed by atoms with Crippen LogP contribution >= 0.6 is 0 Å². The molecule has 0 saturated heterocycles. The van der Waals surface area contributed by atoms with Gasteiger partial charge in [0.25, 0.3) is 0 Å². The lowest BCUT2D eigenvalue weighted by atomic mass is 9.93. The minimum atomic E-state index is 0.184. The van der Waals surface area contributed by atoms with Gasteiger partial charge < -0.3 is 5.11 Å². The summed E-state index contributed by atoms with van der Waals surface area (Å²) in [6.07, 6.45) is 5.54. The summed E-state index contributed by atoms with van der Waals surface area (Å²) in [6.45, 7) is 4.39. The van der Waals surface area contributed by atoms with Gasteiger partial charge in [-0.3, -0.25) is 14.5 Å². The van der Waals surface area contributed by atoms with Crippen molar-refractivity contribution in [3.63, 3.8) is 0 Å². The van der Waals surface area contributed by atoms with Gasteiger partial charge in [0.1, 0.15) is 17.1 Å². The molecule has 0 saturated carbocycles. The Kier molecular flexibility index (Phi) is 5.73. The van der Waals surface area contributed by atoms with Crippen LogP contribution < -0.4 is 0 Å². The van der Waals surface area contributed by atoms with Gasteiger partial charge in [-0.1, -0.05) is 56.3 Å². The fourth-order valence-corrected chi connectivity index (χ4v) is 4.71. The summed E-state index contributed by atoms with van der Waals surface area (Å²) in [7, 11) is 0. The first-order valence-electron chi connectivity index (χ1n) is 12.4. The number of nitrogens with zero attached hydrogens (tertiary/aromatic N) is 4. The summed E-state index contributed by atoms with van der Waals surface area (Å²) in [6, 6.07) is 29.9. The van der Waals surface area contributed by atoms with Gasteiger partial charge in [0.05, 0.1) is 23.0 Å². The maximum absolute atomic E-state index is 10.7. The average Bonchev–Trinajstić information content (AvgIpc) is 3.33. The van der Waals surface area contributed by atoms with Gasteiger partial charge in [0, 0.05) is 29.2 Å². The third-order valence-corrected chi connectivity index (χ3v) is 6.62. The molecular formula is C32H26N4O. The Bertz CT molecular complexity index is 1710. The standard InChI is InChI=1S/C32H26N4O/c1-21(2)22-16-23(18-24(17-22)28-13-8-9-15-34-28)27-19-33-20-29-31(27)35-32(26-12-6-7-14-30(26)37)36(29)25-10-4-3-5-11-25/h3-21,37H,1-2H3. The Morgan fingerprint density at radius 3 is 2.27 bits per heavy atom. The van der Waals surface area contributed by atoms with E-state index in [9.17, 15) is 5.11 Å². The highest BCUT2D eigenvalue weighted by Gasteiger charge is 2.20. The smallest absolute Gasteiger partial charge is 0.149 e. The lowest BCUT2D eigenvalue weighted by Gasteiger charge is -2.13. The van der Waals surface area contributed by atoms with Gasteiger partial charge in [-0.05, 0) is 65.6 Å². The third-order valence-electron chi connectivity index (χ3n) is 6.62. The highest BCUT2D eigenvalue weighted by molar-refractivity contribution is 5.95. The number of para-hydroxylation sites is 2. The van der Waals surface area contributed by atoms with E-state index in [1.807, 2.05) is 85.3 Å². The van der Waals surface area contributed by atoms with Crippen LogP contribution in [0.5, 0.6) is 5.75 Å². The first kappa shape index (κ1) is 22.7. The van der Waals surface area contributed by atoms with Crippen LogP contribution in [0, 0.1) is 0 Å². The van der Waals surface area contributed by atoms with Crippen molar-refractivity contribution < 1.29 is 5.11 Å². The number of rotatable bonds is 5. The van der Waals surface area contributed by atoms with Gasteiger partial charge in [0.2, 0.25) is 0 Å². The molecule has 0 amide bonds. The zero-order valence-corrected chi connectivity index (χ0v) is 20.7. The number of phenols is 1. The number of imidazole rings is 1. The van der Waals surface area contributed by atoms with Crippen molar-refractivity contribution in [3.8, 4) is 45.2 Å². The van der Waals surface area contributed by atoms with Crippen molar-refractivity contribution in [1.29, 1.82) is 0 Å². The molecule has 5 nitrogen and oxygen atoms in total. The van der Waals surface area contributed by atoms with Gasteiger partial charge in [-0.15, -0.1) is 0 Å². The Morgan fingerprint density at radius 2 is 1.51 bits per heavy atom. The topological polar surface area (TPSA) is 63.8 Å². The molecular weight excluding hydrogens is 456 g/mol. The molecule has 0 aliphatic heterocycles. The van der Waals surface area contributed by atoms with Crippen molar-refractivity contribution in [2.75, 3.05) is 0 Å². The molecule has 6 rings (SSSR count). The number of hydrogen-bond acceptors (Lipinski definition) is 4. The second-order valence-corrected chi connectivity index (χ2v) is 9.39. The number of aromatic nitrogens is 4. The van der Waals surface area contributed by atoms with Crippen LogP contribution in [0.25, 0.3) is 50.5 Å². The Labute approximate surface area is 215 Å². The van der Waals surface area contributed by atoms with Crippen molar-refractivity contribution >= 4 is 11.0 Å². The molecule has 0 bridgehead atoms. The summed E-state index contributed by atoms with van der Waals surface area (Å²) < 4.78 is 2.06. The first-order chi connectivity index (χ1) is 18.1. The van der Waals surface area contributed by atoms with E-state index in [0.717, 1.165) is 39.1 Å². The number of fused-ring (bicyclic) bond motifs is 1. The lowest BCUT2D eigenvalue weighted by molar-refractivity contribution is 0.477. The van der Waals surface area contributed by atoms with E-state index in [0.29, 0.717) is 17.3 Å². The minimum Gasteiger partial charge on any atom is -0.507 e. The summed E-state index contributed by atoms with van der Waals surface area (Å²) in [5.41, 5.74) is 8.49. The van der Waals surface area contributed by atoms with Crippen LogP contribution in [0.2, 0.25) is 0 Å². The lowest BCUT2D eigenvalue weighted by Crippen LogP contribution is -1.97. The molecule has 3 aromatic carbocycles. The average molecular weight is 483 g/mol. The molecule has 180 valence electrons. The molecule has 3 heterocycles. The van der Waals surface area contributed by atoms with Gasteiger partial charge in [0.15, 0.2) is 0 Å². The molecule has 3 aromatic heterocycles. The van der Waals surface area contributed by atoms with E-state index < -0.39 is 0 Å². The number of pyridine rings is 2. The highest BCUT2D eigenvalue weighted by Crippen LogP contribution is 2.38. The van der Waals surface area contributed by atoms with Crippen LogP contribution in [-0.2, 0) is 0 Å². The fraction of sp³-hybridized carbons (Fsp3) is 0.0938. The van der Waals surface area contributed by atoms with E-state index in [1.54, 1.807) is 6.07 Å². The second kappa shape index (κ2) is 9.36. The van der Waals surface area contributed by atoms with E-state index >= 15 is 0 Å². The van der Waals surface area contributed by atoms with Gasteiger partial charge in [-0.2, -0.15) is 0 Å². The maximum atomic E-state index is 10.7. The molecule has 0 aliphatic carbocycles. The van der Waals surface area contributed by atoms with Crippen LogP contribution in [0.1, 0.15) is 25.3 Å². The molecule has 0 spiro atoms. The Morgan fingerprint density at radius 1 is 0.757 bits per heavy atom. The second-order valence-electron chi connectivity index (χ2n) is 9.39. The van der Waals surface area contributed by atoms with Crippen molar-refractivity contribution in [3.05, 3.63) is 115 Å². The maximum Gasteiger partial charge on any atom is 0.149 e. The van der Waals surface area contributed by atoms with Crippen LogP contribution in [0.15, 0.2) is 110 Å². The third kappa shape index (κ3) is 4.15. The fourth-order valence-electron chi connectivity index (χ4n) is 4.71. The van der Waals surface area contributed by atoms with E-state index in [2.05, 4.69) is 46.6 Å². The largest absolute Gasteiger partial charge is 0.507 e. The first-order valence-corrected chi connectivity index (χ1v) is 12.4. The summed E-state index contributed by atoms with van der Waals surface area (Å²) in [5.74, 6) is 1.19. The van der Waals surface area contributed by atoms with Crippen LogP contribution in [0.3, 0.4) is 0 Å². The van der Waals surface area contributed by atoms with Gasteiger partial charge in [-0.25, -0.2) is 4.98 Å². The van der Waals surface area contributed by atoms with E-state index in [4.69, 9.17) is 4.98 Å². The predicted octanol–water partition coefficient (Wildman–Crippen LogP) is 7.65. The predicted molar refractivity (Wildman–Crippen MR) is 149 cm³/mol. The van der Waals surface area contributed by atoms with Crippen LogP contribution in [-0.4, -0.2) is 24.6 Å². The molecule has 0 unspecified atom stereocenters. The number of aromatic hydroxyl groups is 1. The highest BCUT2D eigenvalue weighted by atomic mass is 16.3. The molecule has 0 aliphatic rings. The number of hydrogen-bond donors (Lipinski definition) is 1. The summed E-state index contributed by atoms with van der Waals surface area (Å²) >= 11 is 0. The van der Waals surface area contributed by atoms with Crippen molar-refractivity contribution in [2.45, 2.75) is 19.8 Å². The van der Waals surface area contributed by atoms with Gasteiger partial charge >= 0.3 is 0 Å². The molecule has 0 atom stereocenters. The van der Waals surface area contributed by atoms with Crippen LogP contribution in [0.4, 0.5) is 0 Å². The Hall–Kier alpha value is -4.77. The molecule has 1 N–H and O–H groups in total. The molecule has 37 heavy (non-hydrogen) atoms. The SMILES string of the molecule is CC(C)c1cc(-c2ccccn2)cc(-c2cncc3c2nc(-c2ccccc2O)n3-c2ccccc2)c1. The van der Waals surface area contributed by atoms with Crippen molar-refractivity contribution in [1.82, 2.24) is 19.5 Å². The minimum absolute atomic E-state index is 0.184. The summed E-state index contributed by atoms with van der Waals surface area (Å²) in [5, 5.41) is 10.7.